The number of hydrogen-bond acceptors (Lipinski definition) is 5. The third kappa shape index (κ3) is 5.74. The van der Waals surface area contributed by atoms with Gasteiger partial charge in [0.2, 0.25) is 15.9 Å². The number of hydrogen-bond donors (Lipinski definition) is 3. The maximum absolute atomic E-state index is 11.9. The molecule has 0 atom stereocenters. The molecule has 1 saturated carbocycles. The van der Waals surface area contributed by atoms with E-state index < -0.39 is 28.4 Å². The maximum Gasteiger partial charge on any atom is 0.259 e. The molecule has 8 nitrogen and oxygen atoms in total. The van der Waals surface area contributed by atoms with Crippen LogP contribution >= 0.6 is 0 Å². The molecule has 2 rings (SSSR count). The predicted octanol–water partition coefficient (Wildman–Crippen LogP) is 0.127. The molecule has 0 aromatic heterocycles. The number of nitrogens with one attached hydrogen (secondary N) is 3. The Balaban J connectivity index is 1.71. The van der Waals surface area contributed by atoms with Crippen molar-refractivity contribution in [1.82, 2.24) is 15.5 Å². The minimum absolute atomic E-state index is 0.0722. The molecule has 1 aliphatic rings. The van der Waals surface area contributed by atoms with Crippen LogP contribution in [-0.4, -0.2) is 39.0 Å². The fourth-order valence-electron chi connectivity index (χ4n) is 2.16. The Labute approximate surface area is 140 Å². The standard InChI is InChI=1S/C15H20N4O4S/c20-14(11-17-24(22,23)13-8-2-1-3-9-13)16-10-15(21)19-18-12-6-4-5-7-12/h1-3,8-9,17H,4-7,10-11H2,(H,16,20)(H,19,21). The minimum atomic E-state index is -3.75. The molecule has 2 amide bonds. The SMILES string of the molecule is O=C(CNS(=O)(=O)c1ccccc1)NCC(=O)NN=C1CCCC1. The molecule has 0 aliphatic heterocycles. The van der Waals surface area contributed by atoms with E-state index >= 15 is 0 Å². The monoisotopic (exact) mass is 352 g/mol. The highest BCUT2D eigenvalue weighted by Crippen LogP contribution is 2.13. The molecular formula is C15H20N4O4S. The summed E-state index contributed by atoms with van der Waals surface area (Å²) in [4.78, 5) is 23.3. The highest BCUT2D eigenvalue weighted by molar-refractivity contribution is 7.89. The largest absolute Gasteiger partial charge is 0.346 e. The van der Waals surface area contributed by atoms with Crippen molar-refractivity contribution in [3.63, 3.8) is 0 Å². The smallest absolute Gasteiger partial charge is 0.259 e. The molecule has 1 aromatic carbocycles. The second-order valence-electron chi connectivity index (χ2n) is 5.33. The van der Waals surface area contributed by atoms with E-state index in [2.05, 4.69) is 20.6 Å². The van der Waals surface area contributed by atoms with Gasteiger partial charge in [0.25, 0.3) is 5.91 Å². The first-order chi connectivity index (χ1) is 11.5. The van der Waals surface area contributed by atoms with Crippen molar-refractivity contribution in [3.05, 3.63) is 30.3 Å². The van der Waals surface area contributed by atoms with Crippen LogP contribution in [0.3, 0.4) is 0 Å². The Morgan fingerprint density at radius 3 is 2.33 bits per heavy atom. The van der Waals surface area contributed by atoms with Crippen LogP contribution < -0.4 is 15.5 Å². The molecule has 1 aliphatic carbocycles. The van der Waals surface area contributed by atoms with Gasteiger partial charge in [-0.25, -0.2) is 18.6 Å². The first kappa shape index (κ1) is 18.1. The first-order valence-corrected chi connectivity index (χ1v) is 9.11. The summed E-state index contributed by atoms with van der Waals surface area (Å²) < 4.78 is 26.0. The second-order valence-corrected chi connectivity index (χ2v) is 7.10. The lowest BCUT2D eigenvalue weighted by Crippen LogP contribution is -2.41. The third-order valence-electron chi connectivity index (χ3n) is 3.44. The van der Waals surface area contributed by atoms with E-state index in [4.69, 9.17) is 0 Å². The van der Waals surface area contributed by atoms with E-state index in [0.717, 1.165) is 31.4 Å². The molecule has 9 heteroatoms. The fourth-order valence-corrected chi connectivity index (χ4v) is 3.16. The Morgan fingerprint density at radius 2 is 1.67 bits per heavy atom. The molecule has 0 radical (unpaired) electrons. The number of benzene rings is 1. The normalized spacial score (nSPS) is 14.2. The zero-order valence-corrected chi connectivity index (χ0v) is 13.9. The Hall–Kier alpha value is -2.26. The minimum Gasteiger partial charge on any atom is -0.346 e. The summed E-state index contributed by atoms with van der Waals surface area (Å²) in [5.41, 5.74) is 3.32. The quantitative estimate of drug-likeness (QED) is 0.605. The lowest BCUT2D eigenvalue weighted by atomic mass is 10.3. The van der Waals surface area contributed by atoms with Gasteiger partial charge >= 0.3 is 0 Å². The van der Waals surface area contributed by atoms with E-state index in [-0.39, 0.29) is 11.4 Å². The molecule has 1 aromatic rings. The molecule has 24 heavy (non-hydrogen) atoms. The molecule has 0 unspecified atom stereocenters. The van der Waals surface area contributed by atoms with Crippen molar-refractivity contribution in [3.8, 4) is 0 Å². The fraction of sp³-hybridized carbons (Fsp3) is 0.400. The van der Waals surface area contributed by atoms with Gasteiger partial charge in [0, 0.05) is 5.71 Å². The van der Waals surface area contributed by atoms with Gasteiger partial charge < -0.3 is 5.32 Å². The van der Waals surface area contributed by atoms with Crippen molar-refractivity contribution in [2.24, 2.45) is 5.10 Å². The van der Waals surface area contributed by atoms with Crippen LogP contribution in [0.25, 0.3) is 0 Å². The van der Waals surface area contributed by atoms with Gasteiger partial charge in [-0.15, -0.1) is 0 Å². The zero-order valence-electron chi connectivity index (χ0n) is 13.1. The number of nitrogens with zero attached hydrogens (tertiary/aromatic N) is 1. The summed E-state index contributed by atoms with van der Waals surface area (Å²) in [7, 11) is -3.75. The van der Waals surface area contributed by atoms with Gasteiger partial charge in [0.05, 0.1) is 18.0 Å². The molecule has 3 N–H and O–H groups in total. The predicted molar refractivity (Wildman–Crippen MR) is 88.7 cm³/mol. The number of sulfonamides is 1. The average molecular weight is 352 g/mol. The average Bonchev–Trinajstić information content (AvgIpc) is 3.10. The summed E-state index contributed by atoms with van der Waals surface area (Å²) in [5, 5.41) is 6.31. The Kier molecular flexibility index (Phi) is 6.44. The lowest BCUT2D eigenvalue weighted by molar-refractivity contribution is -0.125. The second kappa shape index (κ2) is 8.55. The van der Waals surface area contributed by atoms with Gasteiger partial charge in [0.1, 0.15) is 0 Å². The number of carbonyl (C=O) groups excluding carboxylic acids is 2. The van der Waals surface area contributed by atoms with Gasteiger partial charge in [-0.1, -0.05) is 18.2 Å². The summed E-state index contributed by atoms with van der Waals surface area (Å²) in [6, 6.07) is 7.72. The van der Waals surface area contributed by atoms with Crippen LogP contribution in [-0.2, 0) is 19.6 Å². The maximum atomic E-state index is 11.9. The van der Waals surface area contributed by atoms with Crippen molar-refractivity contribution < 1.29 is 18.0 Å². The molecule has 130 valence electrons. The summed E-state index contributed by atoms with van der Waals surface area (Å²) >= 11 is 0. The number of amides is 2. The molecule has 0 heterocycles. The summed E-state index contributed by atoms with van der Waals surface area (Å²) in [5.74, 6) is -1.05. The summed E-state index contributed by atoms with van der Waals surface area (Å²) in [6.45, 7) is -0.707. The van der Waals surface area contributed by atoms with Crippen molar-refractivity contribution >= 4 is 27.5 Å². The van der Waals surface area contributed by atoms with Gasteiger partial charge in [0.15, 0.2) is 0 Å². The van der Waals surface area contributed by atoms with Gasteiger partial charge in [-0.3, -0.25) is 9.59 Å². The van der Waals surface area contributed by atoms with Crippen molar-refractivity contribution in [1.29, 1.82) is 0 Å². The van der Waals surface area contributed by atoms with E-state index in [1.54, 1.807) is 18.2 Å². The zero-order chi connectivity index (χ0) is 17.4. The molecule has 0 bridgehead atoms. The van der Waals surface area contributed by atoms with E-state index in [1.807, 2.05) is 0 Å². The van der Waals surface area contributed by atoms with Crippen LogP contribution in [0.2, 0.25) is 0 Å². The Bertz CT molecular complexity index is 708. The van der Waals surface area contributed by atoms with Crippen LogP contribution in [0.15, 0.2) is 40.3 Å². The van der Waals surface area contributed by atoms with Crippen LogP contribution in [0.5, 0.6) is 0 Å². The number of carbonyl (C=O) groups is 2. The number of rotatable bonds is 7. The topological polar surface area (TPSA) is 117 Å². The molecule has 1 fully saturated rings. The van der Waals surface area contributed by atoms with Crippen molar-refractivity contribution in [2.45, 2.75) is 30.6 Å². The highest BCUT2D eigenvalue weighted by atomic mass is 32.2. The first-order valence-electron chi connectivity index (χ1n) is 7.63. The van der Waals surface area contributed by atoms with Crippen molar-refractivity contribution in [2.75, 3.05) is 13.1 Å². The molecule has 0 saturated heterocycles. The lowest BCUT2D eigenvalue weighted by Gasteiger charge is -2.07. The van der Waals surface area contributed by atoms with Gasteiger partial charge in [-0.05, 0) is 37.8 Å². The molecular weight excluding hydrogens is 332 g/mol. The van der Waals surface area contributed by atoms with Crippen LogP contribution in [0.1, 0.15) is 25.7 Å². The summed E-state index contributed by atoms with van der Waals surface area (Å²) in [6.07, 6.45) is 3.92. The van der Waals surface area contributed by atoms with E-state index in [9.17, 15) is 18.0 Å². The molecule has 0 spiro atoms. The highest BCUT2D eigenvalue weighted by Gasteiger charge is 2.15. The third-order valence-corrected chi connectivity index (χ3v) is 4.86. The Morgan fingerprint density at radius 1 is 1.00 bits per heavy atom. The van der Waals surface area contributed by atoms with E-state index in [1.165, 1.54) is 12.1 Å². The van der Waals surface area contributed by atoms with E-state index in [0.29, 0.717) is 0 Å². The van der Waals surface area contributed by atoms with Crippen LogP contribution in [0, 0.1) is 0 Å². The number of hydrazone groups is 1. The van der Waals surface area contributed by atoms with Crippen LogP contribution in [0.4, 0.5) is 0 Å². The van der Waals surface area contributed by atoms with Gasteiger partial charge in [-0.2, -0.15) is 5.10 Å².